The van der Waals surface area contributed by atoms with Crippen LogP contribution in [0.4, 0.5) is 0 Å². The van der Waals surface area contributed by atoms with Crippen LogP contribution in [0.15, 0.2) is 71.9 Å². The minimum Gasteiger partial charge on any atom is -0.480 e. The smallest absolute Gasteiger partial charge is 0.323 e. The topological polar surface area (TPSA) is 68.0 Å². The molecule has 1 aromatic heterocycles. The third-order valence-electron chi connectivity index (χ3n) is 4.35. The van der Waals surface area contributed by atoms with Gasteiger partial charge < -0.3 is 5.11 Å². The number of aromatic nitrogens is 3. The predicted octanol–water partition coefficient (Wildman–Crippen LogP) is 5.13. The second kappa shape index (κ2) is 8.04. The highest BCUT2D eigenvalue weighted by Gasteiger charge is 2.17. The summed E-state index contributed by atoms with van der Waals surface area (Å²) < 4.78 is 1.63. The van der Waals surface area contributed by atoms with Gasteiger partial charge in [-0.1, -0.05) is 65.8 Å². The second-order valence-corrected chi connectivity index (χ2v) is 7.60. The Morgan fingerprint density at radius 2 is 1.75 bits per heavy atom. The number of carboxylic acids is 1. The Bertz CT molecular complexity index is 1140. The molecule has 0 radical (unpaired) electrons. The molecule has 0 saturated carbocycles. The SMILES string of the molecule is O=C(O)Cn1c(SCc2cccc3ccccc23)nnc1-c1ccc(Cl)cc1. The first-order chi connectivity index (χ1) is 13.6. The van der Waals surface area contributed by atoms with Crippen LogP contribution in [-0.4, -0.2) is 25.8 Å². The fourth-order valence-electron chi connectivity index (χ4n) is 3.05. The van der Waals surface area contributed by atoms with Gasteiger partial charge in [0.25, 0.3) is 0 Å². The monoisotopic (exact) mass is 409 g/mol. The van der Waals surface area contributed by atoms with E-state index in [9.17, 15) is 9.90 Å². The van der Waals surface area contributed by atoms with E-state index in [1.807, 2.05) is 30.3 Å². The first-order valence-corrected chi connectivity index (χ1v) is 9.98. The van der Waals surface area contributed by atoms with Gasteiger partial charge in [-0.2, -0.15) is 0 Å². The first kappa shape index (κ1) is 18.5. The molecule has 0 aliphatic carbocycles. The van der Waals surface area contributed by atoms with Crippen molar-refractivity contribution in [2.45, 2.75) is 17.5 Å². The van der Waals surface area contributed by atoms with Gasteiger partial charge in [-0.05, 0) is 40.6 Å². The van der Waals surface area contributed by atoms with Crippen molar-refractivity contribution in [2.24, 2.45) is 0 Å². The number of halogens is 1. The molecule has 0 aliphatic rings. The third-order valence-corrected chi connectivity index (χ3v) is 5.62. The maximum absolute atomic E-state index is 11.4. The normalized spacial score (nSPS) is 11.0. The van der Waals surface area contributed by atoms with Crippen molar-refractivity contribution < 1.29 is 9.90 Å². The molecule has 3 aromatic carbocycles. The van der Waals surface area contributed by atoms with E-state index in [4.69, 9.17) is 11.6 Å². The Labute approximate surface area is 171 Å². The minimum absolute atomic E-state index is 0.206. The summed E-state index contributed by atoms with van der Waals surface area (Å²) in [7, 11) is 0. The quantitative estimate of drug-likeness (QED) is 0.447. The highest BCUT2D eigenvalue weighted by atomic mass is 35.5. The fourth-order valence-corrected chi connectivity index (χ4v) is 4.11. The summed E-state index contributed by atoms with van der Waals surface area (Å²) in [4.78, 5) is 11.4. The van der Waals surface area contributed by atoms with Crippen LogP contribution in [0.5, 0.6) is 0 Å². The number of carbonyl (C=O) groups is 1. The van der Waals surface area contributed by atoms with E-state index in [2.05, 4.69) is 34.5 Å². The Hall–Kier alpha value is -2.83. The van der Waals surface area contributed by atoms with Crippen molar-refractivity contribution in [1.82, 2.24) is 14.8 Å². The zero-order valence-corrected chi connectivity index (χ0v) is 16.3. The lowest BCUT2D eigenvalue weighted by atomic mass is 10.1. The first-order valence-electron chi connectivity index (χ1n) is 8.62. The van der Waals surface area contributed by atoms with E-state index >= 15 is 0 Å². The summed E-state index contributed by atoms with van der Waals surface area (Å²) in [5, 5.41) is 21.4. The van der Waals surface area contributed by atoms with Gasteiger partial charge in [-0.3, -0.25) is 9.36 Å². The molecule has 140 valence electrons. The Kier molecular flexibility index (Phi) is 5.32. The van der Waals surface area contributed by atoms with E-state index in [1.54, 1.807) is 16.7 Å². The molecule has 0 saturated heterocycles. The van der Waals surface area contributed by atoms with E-state index in [-0.39, 0.29) is 6.54 Å². The molecule has 4 rings (SSSR count). The van der Waals surface area contributed by atoms with E-state index in [0.29, 0.717) is 21.8 Å². The number of hydrogen-bond acceptors (Lipinski definition) is 4. The summed E-state index contributed by atoms with van der Waals surface area (Å²) in [5.74, 6) is 0.237. The van der Waals surface area contributed by atoms with Crippen LogP contribution >= 0.6 is 23.4 Å². The van der Waals surface area contributed by atoms with Gasteiger partial charge in [0.15, 0.2) is 11.0 Å². The van der Waals surface area contributed by atoms with Gasteiger partial charge in [0.2, 0.25) is 0 Å². The van der Waals surface area contributed by atoms with Crippen molar-refractivity contribution in [3.05, 3.63) is 77.3 Å². The molecule has 0 bridgehead atoms. The van der Waals surface area contributed by atoms with Crippen molar-refractivity contribution in [2.75, 3.05) is 0 Å². The van der Waals surface area contributed by atoms with Crippen LogP contribution in [0.2, 0.25) is 5.02 Å². The third kappa shape index (κ3) is 3.88. The number of thioether (sulfide) groups is 1. The molecule has 1 heterocycles. The molecule has 7 heteroatoms. The lowest BCUT2D eigenvalue weighted by molar-refractivity contribution is -0.137. The lowest BCUT2D eigenvalue weighted by Gasteiger charge is -2.09. The van der Waals surface area contributed by atoms with Crippen LogP contribution < -0.4 is 0 Å². The van der Waals surface area contributed by atoms with E-state index < -0.39 is 5.97 Å². The summed E-state index contributed by atoms with van der Waals surface area (Å²) >= 11 is 7.43. The van der Waals surface area contributed by atoms with Crippen LogP contribution in [0, 0.1) is 0 Å². The summed E-state index contributed by atoms with van der Waals surface area (Å²) in [6.07, 6.45) is 0. The molecule has 0 unspecified atom stereocenters. The van der Waals surface area contributed by atoms with Gasteiger partial charge >= 0.3 is 5.97 Å². The van der Waals surface area contributed by atoms with Crippen molar-refractivity contribution in [3.8, 4) is 11.4 Å². The maximum atomic E-state index is 11.4. The molecule has 0 atom stereocenters. The maximum Gasteiger partial charge on any atom is 0.323 e. The molecule has 5 nitrogen and oxygen atoms in total. The Morgan fingerprint density at radius 3 is 2.54 bits per heavy atom. The predicted molar refractivity (Wildman–Crippen MR) is 112 cm³/mol. The highest BCUT2D eigenvalue weighted by Crippen LogP contribution is 2.29. The number of hydrogen-bond donors (Lipinski definition) is 1. The zero-order valence-electron chi connectivity index (χ0n) is 14.7. The highest BCUT2D eigenvalue weighted by molar-refractivity contribution is 7.98. The van der Waals surface area contributed by atoms with Crippen molar-refractivity contribution >= 4 is 40.1 Å². The largest absolute Gasteiger partial charge is 0.480 e. The summed E-state index contributed by atoms with van der Waals surface area (Å²) in [6.45, 7) is -0.206. The van der Waals surface area contributed by atoms with Crippen molar-refractivity contribution in [3.63, 3.8) is 0 Å². The molecule has 1 N–H and O–H groups in total. The molecule has 4 aromatic rings. The van der Waals surface area contributed by atoms with Crippen LogP contribution in [-0.2, 0) is 17.1 Å². The molecule has 0 spiro atoms. The number of rotatable bonds is 6. The average Bonchev–Trinajstić information content (AvgIpc) is 3.08. The van der Waals surface area contributed by atoms with Gasteiger partial charge in [-0.15, -0.1) is 10.2 Å². The van der Waals surface area contributed by atoms with Gasteiger partial charge in [0.1, 0.15) is 6.54 Å². The Morgan fingerprint density at radius 1 is 1.00 bits per heavy atom. The van der Waals surface area contributed by atoms with Gasteiger partial charge in [-0.25, -0.2) is 0 Å². The van der Waals surface area contributed by atoms with Crippen LogP contribution in [0.3, 0.4) is 0 Å². The van der Waals surface area contributed by atoms with Crippen molar-refractivity contribution in [1.29, 1.82) is 0 Å². The molecule has 0 fully saturated rings. The molecule has 0 aliphatic heterocycles. The molecular weight excluding hydrogens is 394 g/mol. The molecule has 28 heavy (non-hydrogen) atoms. The summed E-state index contributed by atoms with van der Waals surface area (Å²) in [5.41, 5.74) is 1.94. The molecular formula is C21H16ClN3O2S. The average molecular weight is 410 g/mol. The number of benzene rings is 3. The molecule has 0 amide bonds. The van der Waals surface area contributed by atoms with Crippen LogP contribution in [0.25, 0.3) is 22.2 Å². The number of nitrogens with zero attached hydrogens (tertiary/aromatic N) is 3. The van der Waals surface area contributed by atoms with Gasteiger partial charge in [0, 0.05) is 16.3 Å². The van der Waals surface area contributed by atoms with Gasteiger partial charge in [0.05, 0.1) is 0 Å². The number of carboxylic acid groups (broad SMARTS) is 1. The number of fused-ring (bicyclic) bond motifs is 1. The lowest BCUT2D eigenvalue weighted by Crippen LogP contribution is -2.11. The number of aliphatic carboxylic acids is 1. The second-order valence-electron chi connectivity index (χ2n) is 6.22. The summed E-state index contributed by atoms with van der Waals surface area (Å²) in [6, 6.07) is 21.5. The Balaban J connectivity index is 1.65. The zero-order chi connectivity index (χ0) is 19.5. The van der Waals surface area contributed by atoms with E-state index in [1.165, 1.54) is 28.1 Å². The standard InChI is InChI=1S/C21H16ClN3O2S/c22-17-10-8-15(9-11-17)20-23-24-21(25(20)12-19(26)27)28-13-16-6-3-5-14-4-1-2-7-18(14)16/h1-11H,12-13H2,(H,26,27). The minimum atomic E-state index is -0.943. The van der Waals surface area contributed by atoms with E-state index in [0.717, 1.165) is 5.56 Å². The fraction of sp³-hybridized carbons (Fsp3) is 0.0952. The van der Waals surface area contributed by atoms with Crippen LogP contribution in [0.1, 0.15) is 5.56 Å².